The maximum atomic E-state index is 14.3. The van der Waals surface area contributed by atoms with Gasteiger partial charge in [0.15, 0.2) is 0 Å². The molecule has 0 bridgehead atoms. The van der Waals surface area contributed by atoms with Gasteiger partial charge >= 0.3 is 11.9 Å². The van der Waals surface area contributed by atoms with Gasteiger partial charge in [0.05, 0.1) is 19.1 Å². The van der Waals surface area contributed by atoms with Crippen LogP contribution in [0.15, 0.2) is 84.9 Å². The van der Waals surface area contributed by atoms with Gasteiger partial charge < -0.3 is 68.7 Å². The van der Waals surface area contributed by atoms with E-state index in [2.05, 4.69) is 42.5 Å². The topological polar surface area (TPSA) is 374 Å². The van der Waals surface area contributed by atoms with Gasteiger partial charge in [-0.05, 0) is 71.8 Å². The van der Waals surface area contributed by atoms with Crippen molar-refractivity contribution < 1.29 is 68.4 Å². The Morgan fingerprint density at radius 1 is 0.418 bits per heavy atom. The predicted molar refractivity (Wildman–Crippen MR) is 291 cm³/mol. The molecule has 0 heterocycles. The van der Waals surface area contributed by atoms with E-state index in [1.54, 1.807) is 116 Å². The van der Waals surface area contributed by atoms with Crippen LogP contribution < -0.4 is 48.3 Å². The van der Waals surface area contributed by atoms with Crippen molar-refractivity contribution in [3.05, 3.63) is 102 Å². The summed E-state index contributed by atoms with van der Waals surface area (Å²) >= 11 is 0. The zero-order valence-electron chi connectivity index (χ0n) is 46.0. The standard InChI is InChI=1S/C56H79N9O14/c1-30(2)23-39(58-48(70)38(57)25-34-15-11-9-12-16-34)50(72)63-44(29-66)54(76)61-41(27-36-19-21-37(67)22-20-36)51(73)62-43(28-45(68)69)52(74)59-40(24-31(3)4)49(71)60-42(26-35-17-13-10-14-18-35)53(75)64-46(32(5)6)55(77)65-47(33(7)8)56(78)79/h9-22,30-33,38-44,46-47,66-67H,23-29,57H2,1-8H3,(H,58,70)(H,59,74)(H,60,71)(H,61,76)(H,62,73)(H,63,72)(H,64,75)(H,65,77)(H,68,69)(H,78,79). The molecule has 23 heteroatoms. The highest BCUT2D eigenvalue weighted by Gasteiger charge is 2.37. The molecule has 0 saturated carbocycles. The highest BCUT2D eigenvalue weighted by atomic mass is 16.4. The molecule has 9 unspecified atom stereocenters. The van der Waals surface area contributed by atoms with Crippen LogP contribution in [0.5, 0.6) is 5.75 Å². The Morgan fingerprint density at radius 3 is 1.20 bits per heavy atom. The van der Waals surface area contributed by atoms with Crippen LogP contribution in [0.3, 0.4) is 0 Å². The van der Waals surface area contributed by atoms with Gasteiger partial charge in [-0.1, -0.05) is 128 Å². The second-order valence-corrected chi connectivity index (χ2v) is 21.1. The smallest absolute Gasteiger partial charge is 0.326 e. The predicted octanol–water partition coefficient (Wildman–Crippen LogP) is 0.582. The Labute approximate surface area is 460 Å². The summed E-state index contributed by atoms with van der Waals surface area (Å²) < 4.78 is 0. The molecule has 14 N–H and O–H groups in total. The number of carbonyl (C=O) groups excluding carboxylic acids is 8. The van der Waals surface area contributed by atoms with Gasteiger partial charge in [-0.25, -0.2) is 4.79 Å². The number of aromatic hydroxyl groups is 1. The summed E-state index contributed by atoms with van der Waals surface area (Å²) in [7, 11) is 0. The third-order valence-corrected chi connectivity index (χ3v) is 12.5. The van der Waals surface area contributed by atoms with Gasteiger partial charge in [0.1, 0.15) is 54.1 Å². The maximum Gasteiger partial charge on any atom is 0.326 e. The van der Waals surface area contributed by atoms with Gasteiger partial charge in [-0.15, -0.1) is 0 Å². The molecule has 3 rings (SSSR count). The van der Waals surface area contributed by atoms with Crippen molar-refractivity contribution in [1.29, 1.82) is 0 Å². The molecule has 3 aromatic rings. The molecule has 9 atom stereocenters. The number of phenolic OH excluding ortho intramolecular Hbond substituents is 1. The molecule has 0 radical (unpaired) electrons. The first-order valence-corrected chi connectivity index (χ1v) is 26.3. The molecule has 0 aliphatic heterocycles. The summed E-state index contributed by atoms with van der Waals surface area (Å²) in [6, 6.07) is 10.1. The molecule has 8 amide bonds. The van der Waals surface area contributed by atoms with E-state index < -0.39 is 138 Å². The van der Waals surface area contributed by atoms with Crippen molar-refractivity contribution in [1.82, 2.24) is 42.5 Å². The molecule has 79 heavy (non-hydrogen) atoms. The zero-order chi connectivity index (χ0) is 59.1. The Hall–Kier alpha value is -7.92. The highest BCUT2D eigenvalue weighted by molar-refractivity contribution is 5.99. The van der Waals surface area contributed by atoms with E-state index in [9.17, 15) is 68.4 Å². The number of hydrogen-bond acceptors (Lipinski definition) is 13. The molecule has 0 aliphatic carbocycles. The Balaban J connectivity index is 1.91. The summed E-state index contributed by atoms with van der Waals surface area (Å²) in [5.41, 5.74) is 7.91. The Morgan fingerprint density at radius 2 is 0.772 bits per heavy atom. The van der Waals surface area contributed by atoms with Gasteiger partial charge in [0.25, 0.3) is 0 Å². The summed E-state index contributed by atoms with van der Waals surface area (Å²) in [6.45, 7) is 12.5. The number of hydrogen-bond donors (Lipinski definition) is 13. The molecular formula is C56H79N9O14. The number of carboxylic acid groups (broad SMARTS) is 2. The number of amides is 8. The second-order valence-electron chi connectivity index (χ2n) is 21.1. The third-order valence-electron chi connectivity index (χ3n) is 12.5. The van der Waals surface area contributed by atoms with Crippen molar-refractivity contribution in [2.24, 2.45) is 29.4 Å². The van der Waals surface area contributed by atoms with Crippen LogP contribution in [0.2, 0.25) is 0 Å². The molecule has 432 valence electrons. The number of aliphatic hydroxyl groups is 1. The number of nitrogens with one attached hydrogen (secondary N) is 8. The normalized spacial score (nSPS) is 14.7. The van der Waals surface area contributed by atoms with Crippen molar-refractivity contribution in [2.75, 3.05) is 6.61 Å². The minimum absolute atomic E-state index is 0.0657. The number of nitrogens with two attached hydrogens (primary N) is 1. The maximum absolute atomic E-state index is 14.3. The lowest BCUT2D eigenvalue weighted by atomic mass is 9.98. The fourth-order valence-electron chi connectivity index (χ4n) is 8.27. The lowest BCUT2D eigenvalue weighted by molar-refractivity contribution is -0.144. The molecular weight excluding hydrogens is 1020 g/mol. The molecule has 0 spiro atoms. The van der Waals surface area contributed by atoms with Gasteiger partial charge in [-0.2, -0.15) is 0 Å². The molecule has 23 nitrogen and oxygen atoms in total. The number of rotatable bonds is 32. The van der Waals surface area contributed by atoms with E-state index >= 15 is 0 Å². The summed E-state index contributed by atoms with van der Waals surface area (Å²) in [5, 5.41) is 60.2. The lowest BCUT2D eigenvalue weighted by Gasteiger charge is -2.29. The van der Waals surface area contributed by atoms with Crippen molar-refractivity contribution in [2.45, 2.75) is 148 Å². The van der Waals surface area contributed by atoms with Crippen LogP contribution in [-0.4, -0.2) is 141 Å². The van der Waals surface area contributed by atoms with Gasteiger partial charge in [0.2, 0.25) is 47.3 Å². The first-order chi connectivity index (χ1) is 37.2. The second kappa shape index (κ2) is 32.1. The van der Waals surface area contributed by atoms with Crippen molar-refractivity contribution in [3.8, 4) is 5.75 Å². The monoisotopic (exact) mass is 1100 g/mol. The Bertz CT molecular complexity index is 2530. The largest absolute Gasteiger partial charge is 0.508 e. The first kappa shape index (κ1) is 65.4. The average Bonchev–Trinajstić information content (AvgIpc) is 3.38. The van der Waals surface area contributed by atoms with Gasteiger partial charge in [0, 0.05) is 12.8 Å². The molecule has 0 saturated heterocycles. The third kappa shape index (κ3) is 22.5. The van der Waals surface area contributed by atoms with Crippen molar-refractivity contribution >= 4 is 59.2 Å². The minimum Gasteiger partial charge on any atom is -0.508 e. The number of carbonyl (C=O) groups is 10. The van der Waals surface area contributed by atoms with E-state index in [1.165, 1.54) is 24.3 Å². The van der Waals surface area contributed by atoms with Crippen LogP contribution in [-0.2, 0) is 67.2 Å². The van der Waals surface area contributed by atoms with Crippen LogP contribution in [0.1, 0.15) is 91.3 Å². The number of benzene rings is 3. The molecule has 3 aromatic carbocycles. The van der Waals surface area contributed by atoms with E-state index in [1.807, 2.05) is 0 Å². The van der Waals surface area contributed by atoms with Crippen LogP contribution >= 0.6 is 0 Å². The number of aliphatic carboxylic acids is 2. The van der Waals surface area contributed by atoms with Crippen LogP contribution in [0, 0.1) is 23.7 Å². The van der Waals surface area contributed by atoms with E-state index in [4.69, 9.17) is 5.73 Å². The molecule has 0 aliphatic rings. The van der Waals surface area contributed by atoms with Crippen LogP contribution in [0.25, 0.3) is 0 Å². The average molecular weight is 1100 g/mol. The zero-order valence-corrected chi connectivity index (χ0v) is 46.0. The summed E-state index contributed by atoms with van der Waals surface area (Å²) in [5.74, 6) is -11.8. The van der Waals surface area contributed by atoms with Crippen LogP contribution in [0.4, 0.5) is 0 Å². The van der Waals surface area contributed by atoms with E-state index in [0.29, 0.717) is 11.1 Å². The lowest BCUT2D eigenvalue weighted by Crippen LogP contribution is -2.61. The number of carboxylic acids is 2. The molecule has 0 aromatic heterocycles. The Kier molecular flexibility index (Phi) is 26.6. The SMILES string of the molecule is CC(C)CC(NC(=O)C(N)Cc1ccccc1)C(=O)NC(CO)C(=O)NC(Cc1ccc(O)cc1)C(=O)NC(CC(=O)O)C(=O)NC(CC(C)C)C(=O)NC(Cc1ccccc1)C(=O)NC(C(=O)NC(C(=O)O)C(C)C)C(C)C. The van der Waals surface area contributed by atoms with Gasteiger partial charge in [-0.3, -0.25) is 43.2 Å². The van der Waals surface area contributed by atoms with Crippen molar-refractivity contribution in [3.63, 3.8) is 0 Å². The highest BCUT2D eigenvalue weighted by Crippen LogP contribution is 2.15. The van der Waals surface area contributed by atoms with E-state index in [-0.39, 0.29) is 49.7 Å². The first-order valence-electron chi connectivity index (χ1n) is 26.3. The number of phenols is 1. The summed E-state index contributed by atoms with van der Waals surface area (Å²) in [6.07, 6.45) is -1.27. The molecule has 0 fully saturated rings. The number of aliphatic hydroxyl groups excluding tert-OH is 1. The minimum atomic E-state index is -1.90. The fourth-order valence-corrected chi connectivity index (χ4v) is 8.27. The van der Waals surface area contributed by atoms with E-state index in [0.717, 1.165) is 5.56 Å². The summed E-state index contributed by atoms with van der Waals surface area (Å²) in [4.78, 5) is 135. The fraction of sp³-hybridized carbons (Fsp3) is 0.500. The quantitative estimate of drug-likeness (QED) is 0.0407.